The quantitative estimate of drug-likeness (QED) is 0.474. The Morgan fingerprint density at radius 2 is 2.06 bits per heavy atom. The van der Waals surface area contributed by atoms with Crippen LogP contribution in [0.3, 0.4) is 0 Å². The molecule has 1 aromatic carbocycles. The minimum absolute atomic E-state index is 0.0180. The van der Waals surface area contributed by atoms with Gasteiger partial charge in [-0.1, -0.05) is 23.9 Å². The molecular formula is C23H20N6O3S2. The monoisotopic (exact) mass is 492 g/mol. The van der Waals surface area contributed by atoms with E-state index in [2.05, 4.69) is 27.4 Å². The molecule has 0 saturated carbocycles. The number of nitriles is 2. The topological polar surface area (TPSA) is 147 Å². The van der Waals surface area contributed by atoms with Crippen LogP contribution in [0.1, 0.15) is 33.0 Å². The first-order chi connectivity index (χ1) is 16.5. The van der Waals surface area contributed by atoms with Crippen molar-refractivity contribution in [2.75, 3.05) is 26.0 Å². The molecule has 1 atom stereocenters. The van der Waals surface area contributed by atoms with Crippen LogP contribution in [0.5, 0.6) is 5.75 Å². The molecule has 3 N–H and O–H groups in total. The molecule has 0 aliphatic carbocycles. The van der Waals surface area contributed by atoms with Gasteiger partial charge in [-0.15, -0.1) is 11.3 Å². The van der Waals surface area contributed by atoms with E-state index in [9.17, 15) is 15.3 Å². The number of thioether (sulfide) groups is 1. The number of nitrogens with zero attached hydrogens (tertiary/aromatic N) is 4. The maximum atomic E-state index is 11.8. The highest BCUT2D eigenvalue weighted by atomic mass is 32.2. The van der Waals surface area contributed by atoms with Crippen LogP contribution in [-0.2, 0) is 10.5 Å². The van der Waals surface area contributed by atoms with Gasteiger partial charge in [-0.05, 0) is 17.7 Å². The second-order valence-corrected chi connectivity index (χ2v) is 9.11. The van der Waals surface area contributed by atoms with Crippen LogP contribution in [0.2, 0.25) is 0 Å². The van der Waals surface area contributed by atoms with Crippen molar-refractivity contribution >= 4 is 34.8 Å². The molecular weight excluding hydrogens is 472 g/mol. The molecule has 1 saturated heterocycles. The predicted octanol–water partition coefficient (Wildman–Crippen LogP) is 3.35. The summed E-state index contributed by atoms with van der Waals surface area (Å²) in [6.07, 6.45) is 0.855. The lowest BCUT2D eigenvalue weighted by molar-refractivity contribution is 0.0962. The summed E-state index contributed by atoms with van der Waals surface area (Å²) in [5.41, 5.74) is 8.28. The van der Waals surface area contributed by atoms with Gasteiger partial charge < -0.3 is 20.5 Å². The summed E-state index contributed by atoms with van der Waals surface area (Å²) >= 11 is 2.51. The number of amides is 1. The van der Waals surface area contributed by atoms with Crippen LogP contribution in [0.25, 0.3) is 11.1 Å². The van der Waals surface area contributed by atoms with Gasteiger partial charge in [0, 0.05) is 30.2 Å². The van der Waals surface area contributed by atoms with Gasteiger partial charge in [-0.3, -0.25) is 4.79 Å². The van der Waals surface area contributed by atoms with Gasteiger partial charge in [0.1, 0.15) is 40.4 Å². The average molecular weight is 493 g/mol. The number of carbonyl (C=O) groups excluding carboxylic acids is 1. The number of carbonyl (C=O) groups is 1. The maximum absolute atomic E-state index is 11.8. The largest absolute Gasteiger partial charge is 0.488 e. The van der Waals surface area contributed by atoms with Crippen LogP contribution in [0.4, 0.5) is 5.82 Å². The van der Waals surface area contributed by atoms with Crippen molar-refractivity contribution in [3.05, 3.63) is 51.5 Å². The lowest BCUT2D eigenvalue weighted by Gasteiger charge is -2.14. The molecule has 0 bridgehead atoms. The SMILES string of the molecule is CNC(=O)c1nc(CSc2nc(N)c(C#N)c(-c3ccc(OC4CCOC4)cc3)c2C#N)cs1. The molecule has 3 heterocycles. The Bertz CT molecular complexity index is 1290. The van der Waals surface area contributed by atoms with Crippen LogP contribution in [0, 0.1) is 22.7 Å². The zero-order valence-corrected chi connectivity index (χ0v) is 19.8. The molecule has 9 nitrogen and oxygen atoms in total. The highest BCUT2D eigenvalue weighted by Gasteiger charge is 2.22. The number of hydrogen-bond donors (Lipinski definition) is 2. The third kappa shape index (κ3) is 4.97. The number of anilines is 1. The van der Waals surface area contributed by atoms with E-state index < -0.39 is 0 Å². The zero-order chi connectivity index (χ0) is 24.1. The van der Waals surface area contributed by atoms with E-state index in [1.54, 1.807) is 36.7 Å². The third-order valence-electron chi connectivity index (χ3n) is 5.08. The van der Waals surface area contributed by atoms with Crippen molar-refractivity contribution in [2.24, 2.45) is 0 Å². The summed E-state index contributed by atoms with van der Waals surface area (Å²) in [5.74, 6) is 0.862. The van der Waals surface area contributed by atoms with Crippen molar-refractivity contribution in [3.8, 4) is 29.0 Å². The molecule has 4 rings (SSSR count). The van der Waals surface area contributed by atoms with Gasteiger partial charge in [-0.25, -0.2) is 9.97 Å². The van der Waals surface area contributed by atoms with Gasteiger partial charge in [0.2, 0.25) is 0 Å². The Kier molecular flexibility index (Phi) is 7.28. The first-order valence-electron chi connectivity index (χ1n) is 10.3. The Balaban J connectivity index is 1.63. The molecule has 1 unspecified atom stereocenters. The van der Waals surface area contributed by atoms with Crippen molar-refractivity contribution in [1.82, 2.24) is 15.3 Å². The number of nitrogens with two attached hydrogens (primary N) is 1. The highest BCUT2D eigenvalue weighted by molar-refractivity contribution is 7.98. The molecule has 1 fully saturated rings. The van der Waals surface area contributed by atoms with E-state index in [-0.39, 0.29) is 29.0 Å². The lowest BCUT2D eigenvalue weighted by atomic mass is 9.97. The van der Waals surface area contributed by atoms with Crippen LogP contribution in [0.15, 0.2) is 34.7 Å². The van der Waals surface area contributed by atoms with E-state index in [0.717, 1.165) is 6.42 Å². The fraction of sp³-hybridized carbons (Fsp3) is 0.261. The van der Waals surface area contributed by atoms with Crippen LogP contribution < -0.4 is 15.8 Å². The summed E-state index contributed by atoms with van der Waals surface area (Å²) in [5, 5.41) is 24.8. The molecule has 1 amide bonds. The summed E-state index contributed by atoms with van der Waals surface area (Å²) in [7, 11) is 1.55. The number of benzene rings is 1. The van der Waals surface area contributed by atoms with E-state index in [1.807, 2.05) is 0 Å². The van der Waals surface area contributed by atoms with E-state index >= 15 is 0 Å². The maximum Gasteiger partial charge on any atom is 0.280 e. The van der Waals surface area contributed by atoms with Crippen molar-refractivity contribution in [2.45, 2.75) is 23.3 Å². The summed E-state index contributed by atoms with van der Waals surface area (Å²) in [4.78, 5) is 20.4. The first kappa shape index (κ1) is 23.5. The highest BCUT2D eigenvalue weighted by Crippen LogP contribution is 2.37. The van der Waals surface area contributed by atoms with Crippen molar-refractivity contribution in [3.63, 3.8) is 0 Å². The Hall–Kier alpha value is -3.64. The molecule has 172 valence electrons. The number of pyridine rings is 1. The Morgan fingerprint density at radius 1 is 1.29 bits per heavy atom. The van der Waals surface area contributed by atoms with Gasteiger partial charge >= 0.3 is 0 Å². The summed E-state index contributed by atoms with van der Waals surface area (Å²) in [6.45, 7) is 1.24. The number of nitrogen functional groups attached to an aromatic ring is 1. The Labute approximate surface area is 204 Å². The van der Waals surface area contributed by atoms with Crippen LogP contribution in [-0.4, -0.2) is 42.2 Å². The fourth-order valence-corrected chi connectivity index (χ4v) is 5.17. The predicted molar refractivity (Wildman–Crippen MR) is 128 cm³/mol. The molecule has 3 aromatic rings. The molecule has 2 aromatic heterocycles. The smallest absolute Gasteiger partial charge is 0.280 e. The van der Waals surface area contributed by atoms with Gasteiger partial charge in [0.25, 0.3) is 5.91 Å². The summed E-state index contributed by atoms with van der Waals surface area (Å²) < 4.78 is 11.2. The van der Waals surface area contributed by atoms with Crippen LogP contribution >= 0.6 is 23.1 Å². The molecule has 1 aliphatic rings. The number of thiazole rings is 1. The zero-order valence-electron chi connectivity index (χ0n) is 18.2. The Morgan fingerprint density at radius 3 is 2.71 bits per heavy atom. The molecule has 0 radical (unpaired) electrons. The van der Waals surface area contributed by atoms with E-state index in [4.69, 9.17) is 15.2 Å². The van der Waals surface area contributed by atoms with E-state index in [0.29, 0.717) is 51.6 Å². The minimum atomic E-state index is -0.255. The molecule has 34 heavy (non-hydrogen) atoms. The number of aromatic nitrogens is 2. The van der Waals surface area contributed by atoms with E-state index in [1.165, 1.54) is 23.1 Å². The number of rotatable bonds is 7. The van der Waals surface area contributed by atoms with Gasteiger partial charge in [0.05, 0.1) is 24.5 Å². The number of hydrogen-bond acceptors (Lipinski definition) is 10. The van der Waals surface area contributed by atoms with Crippen molar-refractivity contribution < 1.29 is 14.3 Å². The standard InChI is InChI=1S/C23H20N6O3S2/c1-27-21(30)23-28-14(12-34-23)11-33-22-18(9-25)19(17(8-24)20(26)29-22)13-2-4-15(5-3-13)32-16-6-7-31-10-16/h2-5,12,16H,6-7,10-11H2,1H3,(H2,26,29)(H,27,30). The molecule has 11 heteroatoms. The molecule has 1 aliphatic heterocycles. The second-order valence-electron chi connectivity index (χ2n) is 7.29. The molecule has 0 spiro atoms. The third-order valence-corrected chi connectivity index (χ3v) is 6.98. The van der Waals surface area contributed by atoms with Gasteiger partial charge in [-0.2, -0.15) is 10.5 Å². The summed E-state index contributed by atoms with van der Waals surface area (Å²) in [6, 6.07) is 11.5. The number of nitrogens with one attached hydrogen (secondary N) is 1. The fourth-order valence-electron chi connectivity index (χ4n) is 3.42. The van der Waals surface area contributed by atoms with Gasteiger partial charge in [0.15, 0.2) is 5.01 Å². The lowest BCUT2D eigenvalue weighted by Crippen LogP contribution is -2.17. The minimum Gasteiger partial charge on any atom is -0.488 e. The second kappa shape index (κ2) is 10.5. The normalized spacial score (nSPS) is 14.9. The van der Waals surface area contributed by atoms with Crippen molar-refractivity contribution in [1.29, 1.82) is 10.5 Å². The first-order valence-corrected chi connectivity index (χ1v) is 12.2. The number of ether oxygens (including phenoxy) is 2. The average Bonchev–Trinajstić information content (AvgIpc) is 3.54.